The van der Waals surface area contributed by atoms with Crippen molar-refractivity contribution in [3.05, 3.63) is 41.8 Å². The molecule has 21 heavy (non-hydrogen) atoms. The molecular formula is C16H18N2O2S. The number of rotatable bonds is 4. The van der Waals surface area contributed by atoms with Crippen LogP contribution >= 0.6 is 11.3 Å². The Balaban J connectivity index is 1.75. The Morgan fingerprint density at radius 1 is 1.29 bits per heavy atom. The number of thiophene rings is 1. The van der Waals surface area contributed by atoms with E-state index in [1.165, 1.54) is 0 Å². The van der Waals surface area contributed by atoms with Gasteiger partial charge in [-0.1, -0.05) is 24.3 Å². The summed E-state index contributed by atoms with van der Waals surface area (Å²) in [6.45, 7) is 0.468. The average Bonchev–Trinajstić information content (AvgIpc) is 3.19. The van der Waals surface area contributed by atoms with Gasteiger partial charge < -0.3 is 15.8 Å². The SMILES string of the molecule is NCC1CCC(C(=O)Nc2ccccc2-c2cccs2)O1. The Morgan fingerprint density at radius 3 is 2.86 bits per heavy atom. The molecule has 1 aliphatic rings. The van der Waals surface area contributed by atoms with E-state index < -0.39 is 6.10 Å². The summed E-state index contributed by atoms with van der Waals surface area (Å²) in [7, 11) is 0. The standard InChI is InChI=1S/C16H18N2O2S/c17-10-11-7-8-14(20-11)16(19)18-13-5-2-1-4-12(13)15-6-3-9-21-15/h1-6,9,11,14H,7-8,10,17H2,(H,18,19). The van der Waals surface area contributed by atoms with Crippen LogP contribution in [0.1, 0.15) is 12.8 Å². The molecule has 1 saturated heterocycles. The number of nitrogens with two attached hydrogens (primary N) is 1. The minimum Gasteiger partial charge on any atom is -0.364 e. The molecule has 0 saturated carbocycles. The first-order valence-electron chi connectivity index (χ1n) is 7.07. The van der Waals surface area contributed by atoms with Crippen molar-refractivity contribution in [2.45, 2.75) is 25.0 Å². The molecule has 1 aromatic heterocycles. The van der Waals surface area contributed by atoms with Crippen LogP contribution in [0.4, 0.5) is 5.69 Å². The van der Waals surface area contributed by atoms with E-state index in [0.717, 1.165) is 29.0 Å². The Labute approximate surface area is 127 Å². The molecule has 0 aliphatic carbocycles. The van der Waals surface area contributed by atoms with Crippen LogP contribution < -0.4 is 11.1 Å². The van der Waals surface area contributed by atoms with Gasteiger partial charge >= 0.3 is 0 Å². The van der Waals surface area contributed by atoms with Gasteiger partial charge in [0.1, 0.15) is 6.10 Å². The van der Waals surface area contributed by atoms with Crippen LogP contribution in [0, 0.1) is 0 Å². The quantitative estimate of drug-likeness (QED) is 0.913. The van der Waals surface area contributed by atoms with Crippen molar-refractivity contribution >= 4 is 22.9 Å². The van der Waals surface area contributed by atoms with E-state index in [-0.39, 0.29) is 12.0 Å². The predicted octanol–water partition coefficient (Wildman–Crippen LogP) is 2.86. The minimum atomic E-state index is -0.394. The van der Waals surface area contributed by atoms with E-state index in [1.54, 1.807) is 11.3 Å². The molecule has 1 aromatic carbocycles. The van der Waals surface area contributed by atoms with Gasteiger partial charge in [0.05, 0.1) is 6.10 Å². The smallest absolute Gasteiger partial charge is 0.253 e. The topological polar surface area (TPSA) is 64.4 Å². The lowest BCUT2D eigenvalue weighted by molar-refractivity contribution is -0.126. The number of carbonyl (C=O) groups excluding carboxylic acids is 1. The molecule has 4 nitrogen and oxygen atoms in total. The van der Waals surface area contributed by atoms with Crippen molar-refractivity contribution in [1.82, 2.24) is 0 Å². The number of nitrogens with one attached hydrogen (secondary N) is 1. The maximum atomic E-state index is 12.3. The summed E-state index contributed by atoms with van der Waals surface area (Å²) in [6, 6.07) is 11.9. The molecule has 0 bridgehead atoms. The zero-order valence-corrected chi connectivity index (χ0v) is 12.4. The monoisotopic (exact) mass is 302 g/mol. The van der Waals surface area contributed by atoms with Gasteiger partial charge in [0.2, 0.25) is 0 Å². The lowest BCUT2D eigenvalue weighted by Gasteiger charge is -2.14. The molecule has 110 valence electrons. The van der Waals surface area contributed by atoms with Crippen molar-refractivity contribution in [2.75, 3.05) is 11.9 Å². The van der Waals surface area contributed by atoms with Gasteiger partial charge in [-0.2, -0.15) is 0 Å². The van der Waals surface area contributed by atoms with Crippen LogP contribution in [0.3, 0.4) is 0 Å². The molecule has 1 fully saturated rings. The summed E-state index contributed by atoms with van der Waals surface area (Å²) in [5.74, 6) is -0.0880. The second-order valence-corrected chi connectivity index (χ2v) is 6.02. The number of carbonyl (C=O) groups is 1. The van der Waals surface area contributed by atoms with E-state index in [2.05, 4.69) is 5.32 Å². The Kier molecular flexibility index (Phi) is 4.34. The van der Waals surface area contributed by atoms with Crippen LogP contribution in [0.15, 0.2) is 41.8 Å². The molecule has 1 aliphatic heterocycles. The number of hydrogen-bond donors (Lipinski definition) is 2. The zero-order valence-electron chi connectivity index (χ0n) is 11.6. The fraction of sp³-hybridized carbons (Fsp3) is 0.312. The molecule has 2 atom stereocenters. The average molecular weight is 302 g/mol. The summed E-state index contributed by atoms with van der Waals surface area (Å²) in [5, 5.41) is 5.01. The maximum Gasteiger partial charge on any atom is 0.253 e. The summed E-state index contributed by atoms with van der Waals surface area (Å²) in [4.78, 5) is 13.5. The van der Waals surface area contributed by atoms with Crippen LogP contribution in [0.25, 0.3) is 10.4 Å². The van der Waals surface area contributed by atoms with E-state index >= 15 is 0 Å². The number of benzene rings is 1. The highest BCUT2D eigenvalue weighted by Gasteiger charge is 2.30. The largest absolute Gasteiger partial charge is 0.364 e. The van der Waals surface area contributed by atoms with Crippen LogP contribution in [0.2, 0.25) is 0 Å². The lowest BCUT2D eigenvalue weighted by Crippen LogP contribution is -2.29. The Hall–Kier alpha value is -1.69. The van der Waals surface area contributed by atoms with Crippen molar-refractivity contribution in [3.8, 4) is 10.4 Å². The van der Waals surface area contributed by atoms with Crippen molar-refractivity contribution in [2.24, 2.45) is 5.73 Å². The maximum absolute atomic E-state index is 12.3. The molecule has 2 unspecified atom stereocenters. The van der Waals surface area contributed by atoms with E-state index in [9.17, 15) is 4.79 Å². The first-order chi connectivity index (χ1) is 10.3. The number of para-hydroxylation sites is 1. The second-order valence-electron chi connectivity index (χ2n) is 5.07. The second kappa shape index (κ2) is 6.39. The Morgan fingerprint density at radius 2 is 2.14 bits per heavy atom. The van der Waals surface area contributed by atoms with Gasteiger partial charge in [0.15, 0.2) is 0 Å². The molecule has 1 amide bonds. The fourth-order valence-corrected chi connectivity index (χ4v) is 3.29. The van der Waals surface area contributed by atoms with E-state index in [1.807, 2.05) is 41.8 Å². The molecule has 5 heteroatoms. The van der Waals surface area contributed by atoms with Gasteiger partial charge in [-0.15, -0.1) is 11.3 Å². The molecular weight excluding hydrogens is 284 g/mol. The Bertz CT molecular complexity index is 612. The van der Waals surface area contributed by atoms with Gasteiger partial charge in [-0.05, 0) is 30.4 Å². The summed E-state index contributed by atoms with van der Waals surface area (Å²) >= 11 is 1.65. The zero-order chi connectivity index (χ0) is 14.7. The normalized spacial score (nSPS) is 21.4. The van der Waals surface area contributed by atoms with Gasteiger partial charge in [0.25, 0.3) is 5.91 Å². The van der Waals surface area contributed by atoms with Crippen LogP contribution in [-0.4, -0.2) is 24.7 Å². The highest BCUT2D eigenvalue weighted by atomic mass is 32.1. The van der Waals surface area contributed by atoms with Gasteiger partial charge in [0, 0.05) is 22.7 Å². The fourth-order valence-electron chi connectivity index (χ4n) is 2.52. The predicted molar refractivity (Wildman–Crippen MR) is 85.3 cm³/mol. The van der Waals surface area contributed by atoms with Crippen LogP contribution in [-0.2, 0) is 9.53 Å². The van der Waals surface area contributed by atoms with Crippen molar-refractivity contribution in [1.29, 1.82) is 0 Å². The van der Waals surface area contributed by atoms with Gasteiger partial charge in [-0.25, -0.2) is 0 Å². The number of anilines is 1. The van der Waals surface area contributed by atoms with Crippen molar-refractivity contribution < 1.29 is 9.53 Å². The number of ether oxygens (including phenoxy) is 1. The van der Waals surface area contributed by atoms with Gasteiger partial charge in [-0.3, -0.25) is 4.79 Å². The number of hydrogen-bond acceptors (Lipinski definition) is 4. The molecule has 2 heterocycles. The highest BCUT2D eigenvalue weighted by Crippen LogP contribution is 2.32. The van der Waals surface area contributed by atoms with Crippen LogP contribution in [0.5, 0.6) is 0 Å². The van der Waals surface area contributed by atoms with E-state index in [4.69, 9.17) is 10.5 Å². The third-order valence-electron chi connectivity index (χ3n) is 3.63. The third-order valence-corrected chi connectivity index (χ3v) is 4.54. The summed E-state index contributed by atoms with van der Waals surface area (Å²) in [5.41, 5.74) is 7.44. The third kappa shape index (κ3) is 3.15. The first-order valence-corrected chi connectivity index (χ1v) is 7.95. The highest BCUT2D eigenvalue weighted by molar-refractivity contribution is 7.13. The molecule has 2 aromatic rings. The van der Waals surface area contributed by atoms with E-state index in [0.29, 0.717) is 6.54 Å². The lowest BCUT2D eigenvalue weighted by atomic mass is 10.1. The first kappa shape index (κ1) is 14.3. The number of amides is 1. The molecule has 3 N–H and O–H groups in total. The minimum absolute atomic E-state index is 0.00768. The molecule has 0 spiro atoms. The molecule has 0 radical (unpaired) electrons. The molecule has 3 rings (SSSR count). The summed E-state index contributed by atoms with van der Waals surface area (Å²) < 4.78 is 5.64. The summed E-state index contributed by atoms with van der Waals surface area (Å²) in [6.07, 6.45) is 1.19. The van der Waals surface area contributed by atoms with Crippen molar-refractivity contribution in [3.63, 3.8) is 0 Å².